The van der Waals surface area contributed by atoms with Crippen LogP contribution >= 0.6 is 7.82 Å². The maximum Gasteiger partial charge on any atom is 0.472 e. The van der Waals surface area contributed by atoms with Gasteiger partial charge in [-0.25, -0.2) is 9.55 Å². The summed E-state index contributed by atoms with van der Waals surface area (Å²) in [7, 11) is -5.09. The maximum absolute atomic E-state index is 14.6. The lowest BCUT2D eigenvalue weighted by molar-refractivity contribution is -0.125. The fourth-order valence-corrected chi connectivity index (χ4v) is 16.7. The van der Waals surface area contributed by atoms with E-state index in [9.17, 15) is 53.2 Å². The molecular weight excluding hydrogens is 1190 g/mol. The predicted octanol–water partition coefficient (Wildman–Crippen LogP) is 3.55. The molecule has 0 saturated carbocycles. The number of aliphatic hydroxyl groups excluding tert-OH is 2. The van der Waals surface area contributed by atoms with Gasteiger partial charge in [0, 0.05) is 125 Å². The molecule has 0 aliphatic carbocycles. The van der Waals surface area contributed by atoms with Gasteiger partial charge < -0.3 is 69.4 Å². The van der Waals surface area contributed by atoms with Gasteiger partial charge in [-0.2, -0.15) is 0 Å². The first-order valence-electron chi connectivity index (χ1n) is 30.9. The molecule has 7 amide bonds. The number of fused-ring (bicyclic) bond motifs is 7. The van der Waals surface area contributed by atoms with E-state index in [0.29, 0.717) is 56.4 Å². The van der Waals surface area contributed by atoms with E-state index in [1.807, 2.05) is 87.4 Å². The first-order valence-corrected chi connectivity index (χ1v) is 32.4. The lowest BCUT2D eigenvalue weighted by Crippen LogP contribution is -2.56. The number of nitrogens with two attached hydrogens (primary N) is 6. The molecule has 8 bridgehead atoms. The first-order chi connectivity index (χ1) is 42.1. The van der Waals surface area contributed by atoms with Crippen molar-refractivity contribution >= 4 is 77.3 Å². The molecule has 0 spiro atoms. The number of aromatic nitrogens is 2. The molecule has 17 N–H and O–H groups in total. The van der Waals surface area contributed by atoms with E-state index >= 15 is 0 Å². The van der Waals surface area contributed by atoms with Crippen LogP contribution in [0.3, 0.4) is 0 Å². The molecule has 7 heterocycles. The zero-order valence-corrected chi connectivity index (χ0v) is 55.1. The van der Waals surface area contributed by atoms with E-state index in [4.69, 9.17) is 63.2 Å². The Balaban J connectivity index is 1.21. The molecule has 2 fully saturated rings. The number of phosphoric acid groups is 1. The summed E-state index contributed by atoms with van der Waals surface area (Å²) in [6, 6.07) is 2.69. The van der Waals surface area contributed by atoms with Crippen molar-refractivity contribution in [2.24, 2.45) is 94.7 Å². The number of nitrogens with one attached hydrogen (secondary N) is 2. The second kappa shape index (κ2) is 25.5. The number of aliphatic hydroxyl groups is 2. The molecule has 6 aliphatic rings. The van der Waals surface area contributed by atoms with Crippen LogP contribution in [0.5, 0.6) is 0 Å². The second-order valence-corrected chi connectivity index (χ2v) is 29.5. The van der Waals surface area contributed by atoms with Crippen LogP contribution in [0.2, 0.25) is 0 Å². The molecule has 498 valence electrons. The van der Waals surface area contributed by atoms with Crippen LogP contribution in [0.15, 0.2) is 67.8 Å². The van der Waals surface area contributed by atoms with Crippen LogP contribution in [0.1, 0.15) is 157 Å². The highest BCUT2D eigenvalue weighted by molar-refractivity contribution is 7.47. The Labute approximate surface area is 529 Å². The number of aliphatic imine (C=N–C) groups is 3. The van der Waals surface area contributed by atoms with Crippen molar-refractivity contribution in [2.75, 3.05) is 13.2 Å². The number of hydrogen-bond acceptors (Lipinski definition) is 18. The van der Waals surface area contributed by atoms with Gasteiger partial charge in [-0.15, -0.1) is 0 Å². The molecule has 2 saturated heterocycles. The number of allylic oxidation sites excluding steroid dienone is 6. The van der Waals surface area contributed by atoms with E-state index in [1.165, 1.54) is 6.33 Å². The van der Waals surface area contributed by atoms with Crippen LogP contribution in [0.4, 0.5) is 0 Å². The summed E-state index contributed by atoms with van der Waals surface area (Å²) in [5, 5.41) is 28.4. The molecule has 8 rings (SSSR count). The minimum Gasteiger partial charge on any atom is -0.394 e. The minimum atomic E-state index is -5.09. The Bertz CT molecular complexity index is 3590. The van der Waals surface area contributed by atoms with E-state index < -0.39 is 149 Å². The average molecular weight is 1290 g/mol. The third-order valence-corrected chi connectivity index (χ3v) is 21.7. The molecule has 6 aliphatic heterocycles. The Kier molecular flexibility index (Phi) is 19.6. The van der Waals surface area contributed by atoms with Crippen LogP contribution in [-0.4, -0.2) is 132 Å². The topological polar surface area (TPSA) is 460 Å². The molecule has 28 heteroatoms. The summed E-state index contributed by atoms with van der Waals surface area (Å²) in [6.45, 7) is 20.7. The molecular formula is C63H92N13O14P. The molecule has 14 unspecified atom stereocenters. The summed E-state index contributed by atoms with van der Waals surface area (Å²) in [5.41, 5.74) is 36.0. The minimum absolute atomic E-state index is 0.0236. The molecule has 1 aromatic carbocycles. The first kappa shape index (κ1) is 69.9. The van der Waals surface area contributed by atoms with Crippen molar-refractivity contribution in [1.82, 2.24) is 20.2 Å². The predicted molar refractivity (Wildman–Crippen MR) is 338 cm³/mol. The number of imidazole rings is 1. The lowest BCUT2D eigenvalue weighted by Gasteiger charge is -2.48. The number of ether oxygens (including phenoxy) is 1. The average Bonchev–Trinajstić information content (AvgIpc) is 1.53. The van der Waals surface area contributed by atoms with Crippen LogP contribution in [0.25, 0.3) is 11.0 Å². The number of nitrogens with zero attached hydrogens (tertiary/aromatic N) is 5. The van der Waals surface area contributed by atoms with E-state index in [2.05, 4.69) is 15.6 Å². The third kappa shape index (κ3) is 13.3. The van der Waals surface area contributed by atoms with E-state index in [-0.39, 0.29) is 70.6 Å². The second-order valence-electron chi connectivity index (χ2n) is 28.1. The van der Waals surface area contributed by atoms with Gasteiger partial charge in [-0.05, 0) is 115 Å². The number of carbonyl (C=O) groups is 7. The largest absolute Gasteiger partial charge is 0.472 e. The molecule has 91 heavy (non-hydrogen) atoms. The van der Waals surface area contributed by atoms with E-state index in [1.54, 1.807) is 18.4 Å². The summed E-state index contributed by atoms with van der Waals surface area (Å²) >= 11 is 0. The zero-order valence-electron chi connectivity index (χ0n) is 54.2. The quantitative estimate of drug-likeness (QED) is 0.0600. The number of primary amides is 6. The van der Waals surface area contributed by atoms with Crippen molar-refractivity contribution < 1.29 is 67.0 Å². The van der Waals surface area contributed by atoms with Gasteiger partial charge in [0.15, 0.2) is 6.23 Å². The summed E-state index contributed by atoms with van der Waals surface area (Å²) in [4.78, 5) is 126. The van der Waals surface area contributed by atoms with E-state index in [0.717, 1.165) is 11.1 Å². The third-order valence-electron chi connectivity index (χ3n) is 20.8. The molecule has 1 aromatic heterocycles. The highest BCUT2D eigenvalue weighted by Crippen LogP contribution is 2.63. The van der Waals surface area contributed by atoms with Gasteiger partial charge in [0.2, 0.25) is 41.4 Å². The number of hydrogen-bond donors (Lipinski definition) is 11. The standard InChI is InChI=1S/C63H92N13O14P/c1-30-21-39-40(22-31(30)2)76(29-70-39)57-52(85)53(41(27-77)89-57)90-91(86,87)88-28-58(5,6)74-49(84)19-20-60(9)37(23-46(67)81)56-63(12)62(11,26-48(69)83)36(15-18-45(66)80)51(75-63)33(4)55-61(10,25-47(68)82)34(13-16-43(64)78)38(71-55)24-42-59(7,8)35(14-17-44(65)79)50(72-42)32(3)54(60)73-56/h21-22,24,29,34-37,41,52-53,56-57,71,77,85H,13-20,23,25-28H2,1-12H3,(H2,64,78)(H2,65,79)(H2,66,80)(H2,67,81)(H2,68,82)(H2,69,83)(H,74,84)(H,86,87)/b38-24?,50-32?,55-33-. The fourth-order valence-electron chi connectivity index (χ4n) is 15.6. The van der Waals surface area contributed by atoms with Gasteiger partial charge in [0.1, 0.15) is 18.3 Å². The number of aryl methyl sites for hydroxylation is 2. The normalized spacial score (nSPS) is 32.5. The van der Waals surface area contributed by atoms with Crippen LogP contribution in [0, 0.1) is 59.2 Å². The summed E-state index contributed by atoms with van der Waals surface area (Å²) < 4.78 is 32.4. The maximum atomic E-state index is 14.6. The monoisotopic (exact) mass is 1290 g/mol. The highest BCUT2D eigenvalue weighted by atomic mass is 31.2. The molecule has 27 nitrogen and oxygen atoms in total. The Hall–Kier alpha value is -7.00. The molecule has 14 atom stereocenters. The van der Waals surface area contributed by atoms with Gasteiger partial charge in [0.25, 0.3) is 0 Å². The van der Waals surface area contributed by atoms with Gasteiger partial charge in [0.05, 0.1) is 47.7 Å². The zero-order chi connectivity index (χ0) is 67.6. The highest BCUT2D eigenvalue weighted by Gasteiger charge is 2.66. The molecule has 2 aromatic rings. The van der Waals surface area contributed by atoms with Crippen molar-refractivity contribution in [3.8, 4) is 0 Å². The summed E-state index contributed by atoms with van der Waals surface area (Å²) in [6.07, 6.45) is -3.16. The van der Waals surface area contributed by atoms with Crippen molar-refractivity contribution in [3.63, 3.8) is 0 Å². The number of carbonyl (C=O) groups excluding carboxylic acids is 7. The van der Waals surface area contributed by atoms with Crippen LogP contribution in [-0.2, 0) is 51.9 Å². The van der Waals surface area contributed by atoms with Crippen molar-refractivity contribution in [1.29, 1.82) is 0 Å². The number of benzene rings is 1. The Morgan fingerprint density at radius 1 is 0.791 bits per heavy atom. The SMILES string of the molecule is CC1=C2N=C(C=C3N/C(=C(/C)C4=NC(C)(C5N=C1C(C)(CCC(=O)NC(C)(C)COP(=O)(O)OC1C(CO)OC(n6cnc7cc(C)c(C)cc76)C1O)C5CC(N)=O)C(C)(CC(N)=O)C4CCC(N)=O)C(C)(CC(N)=O)C3CCC(N)=O)C(C)(C)C2CCC(N)=O. The Morgan fingerprint density at radius 3 is 1.97 bits per heavy atom. The summed E-state index contributed by atoms with van der Waals surface area (Å²) in [5.74, 6) is -7.22. The van der Waals surface area contributed by atoms with Gasteiger partial charge in [-0.1, -0.05) is 34.6 Å². The van der Waals surface area contributed by atoms with Gasteiger partial charge in [-0.3, -0.25) is 57.6 Å². The lowest BCUT2D eigenvalue weighted by atomic mass is 9.55. The van der Waals surface area contributed by atoms with Crippen LogP contribution < -0.4 is 45.0 Å². The fraction of sp³-hybridized carbons (Fsp3) is 0.635. The molecule has 0 radical (unpaired) electrons. The number of amides is 7. The Morgan fingerprint density at radius 2 is 1.38 bits per heavy atom. The van der Waals surface area contributed by atoms with Crippen molar-refractivity contribution in [2.45, 2.75) is 195 Å². The number of phosphoric ester groups is 1. The van der Waals surface area contributed by atoms with Gasteiger partial charge >= 0.3 is 7.82 Å². The number of rotatable bonds is 26. The smallest absolute Gasteiger partial charge is 0.394 e. The van der Waals surface area contributed by atoms with Crippen molar-refractivity contribution in [3.05, 3.63) is 63.9 Å².